The normalized spacial score (nSPS) is 12.3. The van der Waals surface area contributed by atoms with E-state index in [1.54, 1.807) is 10.8 Å². The molecule has 182 valence electrons. The summed E-state index contributed by atoms with van der Waals surface area (Å²) in [7, 11) is 0. The summed E-state index contributed by atoms with van der Waals surface area (Å²) in [6.45, 7) is 2.23. The summed E-state index contributed by atoms with van der Waals surface area (Å²) in [5.41, 5.74) is 1.46. The standard InChI is InChI=1S/C30H39NO3/c1-2-3-4-5-6-7-8-9-10-11-12-13-14-15-16-17-18-23-29(32)31-25-26(24-30(33)34)27-21-19-20-22-28(27)31/h6-7,9-10,12-13,15-16,19-22,25H,2-5,8,11,14,17-18,23-24H2,1H3,(H,33,34). The highest BCUT2D eigenvalue weighted by molar-refractivity contribution is 5.95. The number of carbonyl (C=O) groups is 2. The van der Waals surface area contributed by atoms with Gasteiger partial charge in [-0.15, -0.1) is 0 Å². The Balaban J connectivity index is 1.63. The summed E-state index contributed by atoms with van der Waals surface area (Å²) in [5, 5.41) is 9.96. The van der Waals surface area contributed by atoms with Crippen LogP contribution in [0.3, 0.4) is 0 Å². The molecule has 1 heterocycles. The SMILES string of the molecule is CCCCCC=CCC=CCC=CCC=CCCCC(=O)n1cc(CC(=O)O)c2ccccc21. The number of rotatable bonds is 16. The van der Waals surface area contributed by atoms with Crippen molar-refractivity contribution in [2.24, 2.45) is 0 Å². The molecule has 0 aliphatic heterocycles. The van der Waals surface area contributed by atoms with Crippen LogP contribution in [0.15, 0.2) is 79.1 Å². The molecule has 0 spiro atoms. The molecule has 1 aromatic carbocycles. The smallest absolute Gasteiger partial charge is 0.307 e. The number of carboxylic acids is 1. The predicted molar refractivity (Wildman–Crippen MR) is 142 cm³/mol. The molecular formula is C30H39NO3. The third kappa shape index (κ3) is 10.2. The topological polar surface area (TPSA) is 59.3 Å². The van der Waals surface area contributed by atoms with Gasteiger partial charge in [-0.25, -0.2) is 0 Å². The van der Waals surface area contributed by atoms with E-state index < -0.39 is 5.97 Å². The molecular weight excluding hydrogens is 422 g/mol. The van der Waals surface area contributed by atoms with Crippen molar-refractivity contribution in [3.05, 3.63) is 84.6 Å². The maximum absolute atomic E-state index is 12.7. The van der Waals surface area contributed by atoms with Gasteiger partial charge in [0, 0.05) is 18.0 Å². The number of nitrogens with zero attached hydrogens (tertiary/aromatic N) is 1. The minimum atomic E-state index is -0.893. The molecule has 4 heteroatoms. The van der Waals surface area contributed by atoms with Crippen LogP contribution in [0.5, 0.6) is 0 Å². The first kappa shape index (κ1) is 27.1. The number of unbranched alkanes of at least 4 members (excludes halogenated alkanes) is 4. The van der Waals surface area contributed by atoms with Crippen LogP contribution < -0.4 is 0 Å². The van der Waals surface area contributed by atoms with Gasteiger partial charge in [-0.2, -0.15) is 0 Å². The number of hydrogen-bond donors (Lipinski definition) is 1. The lowest BCUT2D eigenvalue weighted by Gasteiger charge is -2.03. The van der Waals surface area contributed by atoms with Gasteiger partial charge in [-0.05, 0) is 56.6 Å². The fourth-order valence-corrected chi connectivity index (χ4v) is 3.81. The Hall–Kier alpha value is -3.14. The zero-order valence-corrected chi connectivity index (χ0v) is 20.5. The fourth-order valence-electron chi connectivity index (χ4n) is 3.81. The maximum Gasteiger partial charge on any atom is 0.307 e. The van der Waals surface area contributed by atoms with Crippen molar-refractivity contribution in [3.8, 4) is 0 Å². The molecule has 0 saturated heterocycles. The largest absolute Gasteiger partial charge is 0.481 e. The van der Waals surface area contributed by atoms with E-state index in [4.69, 9.17) is 5.11 Å². The molecule has 0 aliphatic rings. The number of fused-ring (bicyclic) bond motifs is 1. The number of allylic oxidation sites excluding steroid dienone is 8. The third-order valence-corrected chi connectivity index (χ3v) is 5.62. The van der Waals surface area contributed by atoms with Gasteiger partial charge in [0.25, 0.3) is 0 Å². The van der Waals surface area contributed by atoms with Crippen LogP contribution in [0.2, 0.25) is 0 Å². The molecule has 0 aliphatic carbocycles. The minimum absolute atomic E-state index is 0.00345. The highest BCUT2D eigenvalue weighted by atomic mass is 16.4. The Morgan fingerprint density at radius 2 is 1.41 bits per heavy atom. The molecule has 34 heavy (non-hydrogen) atoms. The second-order valence-corrected chi connectivity index (χ2v) is 8.49. The van der Waals surface area contributed by atoms with Gasteiger partial charge in [-0.3, -0.25) is 14.2 Å². The molecule has 0 fully saturated rings. The van der Waals surface area contributed by atoms with Gasteiger partial charge >= 0.3 is 5.97 Å². The number of para-hydroxylation sites is 1. The van der Waals surface area contributed by atoms with Crippen LogP contribution in [0.25, 0.3) is 10.9 Å². The molecule has 2 rings (SSSR count). The molecule has 0 bridgehead atoms. The number of benzene rings is 1. The minimum Gasteiger partial charge on any atom is -0.481 e. The van der Waals surface area contributed by atoms with E-state index in [1.807, 2.05) is 24.3 Å². The lowest BCUT2D eigenvalue weighted by atomic mass is 10.1. The Bertz CT molecular complexity index is 1010. The van der Waals surface area contributed by atoms with Gasteiger partial charge in [-0.1, -0.05) is 86.6 Å². The Morgan fingerprint density at radius 3 is 2.03 bits per heavy atom. The summed E-state index contributed by atoms with van der Waals surface area (Å²) < 4.78 is 1.61. The van der Waals surface area contributed by atoms with Crippen molar-refractivity contribution in [2.75, 3.05) is 0 Å². The summed E-state index contributed by atoms with van der Waals surface area (Å²) >= 11 is 0. The highest BCUT2D eigenvalue weighted by Gasteiger charge is 2.14. The summed E-state index contributed by atoms with van der Waals surface area (Å²) in [6.07, 6.45) is 29.2. The molecule has 4 nitrogen and oxygen atoms in total. The summed E-state index contributed by atoms with van der Waals surface area (Å²) in [6, 6.07) is 7.47. The second-order valence-electron chi connectivity index (χ2n) is 8.49. The number of carboxylic acid groups (broad SMARTS) is 1. The first-order chi connectivity index (χ1) is 16.6. The zero-order valence-electron chi connectivity index (χ0n) is 20.5. The van der Waals surface area contributed by atoms with Crippen molar-refractivity contribution >= 4 is 22.8 Å². The molecule has 1 aromatic heterocycles. The Kier molecular flexibility index (Phi) is 13.1. The molecule has 1 N–H and O–H groups in total. The lowest BCUT2D eigenvalue weighted by Crippen LogP contribution is -2.08. The van der Waals surface area contributed by atoms with Crippen molar-refractivity contribution in [3.63, 3.8) is 0 Å². The summed E-state index contributed by atoms with van der Waals surface area (Å²) in [5.74, 6) is -0.889. The van der Waals surface area contributed by atoms with Crippen LogP contribution in [0.4, 0.5) is 0 Å². The van der Waals surface area contributed by atoms with E-state index in [0.717, 1.165) is 43.0 Å². The fraction of sp³-hybridized carbons (Fsp3) is 0.400. The Morgan fingerprint density at radius 1 is 0.824 bits per heavy atom. The molecule has 0 unspecified atom stereocenters. The van der Waals surface area contributed by atoms with Crippen LogP contribution in [0.1, 0.15) is 81.5 Å². The average Bonchev–Trinajstić information content (AvgIpc) is 3.19. The first-order valence-corrected chi connectivity index (χ1v) is 12.6. The number of aromatic nitrogens is 1. The van der Waals surface area contributed by atoms with Crippen LogP contribution in [-0.4, -0.2) is 21.6 Å². The molecule has 0 radical (unpaired) electrons. The van der Waals surface area contributed by atoms with E-state index in [1.165, 1.54) is 25.7 Å². The summed E-state index contributed by atoms with van der Waals surface area (Å²) in [4.78, 5) is 23.8. The average molecular weight is 462 g/mol. The molecule has 0 saturated carbocycles. The number of carbonyl (C=O) groups excluding carboxylic acids is 1. The van der Waals surface area contributed by atoms with E-state index >= 15 is 0 Å². The molecule has 0 atom stereocenters. The van der Waals surface area contributed by atoms with Gasteiger partial charge in [0.05, 0.1) is 11.9 Å². The van der Waals surface area contributed by atoms with E-state index in [0.29, 0.717) is 12.0 Å². The molecule has 2 aromatic rings. The highest BCUT2D eigenvalue weighted by Crippen LogP contribution is 2.22. The van der Waals surface area contributed by atoms with Gasteiger partial charge in [0.2, 0.25) is 5.91 Å². The van der Waals surface area contributed by atoms with Crippen molar-refractivity contribution in [2.45, 2.75) is 77.6 Å². The number of hydrogen-bond acceptors (Lipinski definition) is 2. The maximum atomic E-state index is 12.7. The van der Waals surface area contributed by atoms with E-state index in [2.05, 4.69) is 55.5 Å². The first-order valence-electron chi connectivity index (χ1n) is 12.6. The second kappa shape index (κ2) is 16.5. The zero-order chi connectivity index (χ0) is 24.4. The Labute approximate surface area is 204 Å². The third-order valence-electron chi connectivity index (χ3n) is 5.62. The molecule has 0 amide bonds. The lowest BCUT2D eigenvalue weighted by molar-refractivity contribution is -0.136. The van der Waals surface area contributed by atoms with Gasteiger partial charge < -0.3 is 5.11 Å². The number of aliphatic carboxylic acids is 1. The predicted octanol–water partition coefficient (Wildman–Crippen LogP) is 8.05. The van der Waals surface area contributed by atoms with Crippen molar-refractivity contribution in [1.29, 1.82) is 0 Å². The quantitative estimate of drug-likeness (QED) is 0.203. The monoisotopic (exact) mass is 461 g/mol. The van der Waals surface area contributed by atoms with E-state index in [9.17, 15) is 9.59 Å². The van der Waals surface area contributed by atoms with Crippen LogP contribution in [0, 0.1) is 0 Å². The van der Waals surface area contributed by atoms with Crippen molar-refractivity contribution in [1.82, 2.24) is 4.57 Å². The van der Waals surface area contributed by atoms with Crippen molar-refractivity contribution < 1.29 is 14.7 Å². The van der Waals surface area contributed by atoms with Crippen LogP contribution >= 0.6 is 0 Å². The van der Waals surface area contributed by atoms with Gasteiger partial charge in [0.1, 0.15) is 0 Å². The van der Waals surface area contributed by atoms with Crippen LogP contribution in [-0.2, 0) is 11.2 Å². The van der Waals surface area contributed by atoms with Gasteiger partial charge in [0.15, 0.2) is 0 Å². The van der Waals surface area contributed by atoms with E-state index in [-0.39, 0.29) is 12.3 Å².